The van der Waals surface area contributed by atoms with Crippen molar-refractivity contribution in [1.82, 2.24) is 5.32 Å². The first kappa shape index (κ1) is 15.8. The maximum absolute atomic E-state index is 9.79. The zero-order chi connectivity index (χ0) is 14.5. The molecule has 1 unspecified atom stereocenters. The quantitative estimate of drug-likeness (QED) is 0.573. The van der Waals surface area contributed by atoms with Crippen LogP contribution in [-0.2, 0) is 0 Å². The largest absolute Gasteiger partial charge is 0.508 e. The fraction of sp³-hybridized carbons (Fsp3) is 0.600. The second-order valence-electron chi connectivity index (χ2n) is 5.84. The van der Waals surface area contributed by atoms with Crippen molar-refractivity contribution in [2.75, 3.05) is 13.2 Å². The Bertz CT molecular complexity index is 404. The summed E-state index contributed by atoms with van der Waals surface area (Å²) >= 11 is 0. The van der Waals surface area contributed by atoms with E-state index in [1.807, 2.05) is 6.92 Å². The van der Waals surface area contributed by atoms with Gasteiger partial charge < -0.3 is 20.6 Å². The Morgan fingerprint density at radius 3 is 2.58 bits per heavy atom. The summed E-state index contributed by atoms with van der Waals surface area (Å²) in [5.74, 6) is 0.340. The first-order valence-corrected chi connectivity index (χ1v) is 6.72. The molecule has 4 N–H and O–H groups in total. The lowest BCUT2D eigenvalue weighted by Gasteiger charge is -2.27. The van der Waals surface area contributed by atoms with Crippen LogP contribution in [0.4, 0.5) is 0 Å². The Morgan fingerprint density at radius 2 is 1.95 bits per heavy atom. The summed E-state index contributed by atoms with van der Waals surface area (Å²) in [6, 6.07) is 4.50. The minimum atomic E-state index is -0.0412. The standard InChI is InChI=1S/C15H25NO3/c1-11(13-9-12(18)5-6-14(13)19)16-10-15(2,3)7-4-8-17/h5-6,9,11,16-19H,4,7-8,10H2,1-3H3. The molecule has 0 aromatic heterocycles. The highest BCUT2D eigenvalue weighted by Gasteiger charge is 2.19. The average Bonchev–Trinajstić information content (AvgIpc) is 2.36. The second-order valence-corrected chi connectivity index (χ2v) is 5.84. The second kappa shape index (κ2) is 6.78. The summed E-state index contributed by atoms with van der Waals surface area (Å²) in [7, 11) is 0. The Balaban J connectivity index is 2.59. The number of aliphatic hydroxyl groups is 1. The van der Waals surface area contributed by atoms with Gasteiger partial charge in [0, 0.05) is 24.8 Å². The van der Waals surface area contributed by atoms with Gasteiger partial charge in [-0.1, -0.05) is 13.8 Å². The number of nitrogens with one attached hydrogen (secondary N) is 1. The lowest BCUT2D eigenvalue weighted by molar-refractivity contribution is 0.232. The molecule has 0 aliphatic heterocycles. The molecule has 0 bridgehead atoms. The minimum Gasteiger partial charge on any atom is -0.508 e. The first-order chi connectivity index (χ1) is 8.85. The van der Waals surface area contributed by atoms with E-state index < -0.39 is 0 Å². The SMILES string of the molecule is CC(NCC(C)(C)CCCO)c1cc(O)ccc1O. The lowest BCUT2D eigenvalue weighted by atomic mass is 9.87. The van der Waals surface area contributed by atoms with E-state index in [0.717, 1.165) is 19.4 Å². The van der Waals surface area contributed by atoms with E-state index in [-0.39, 0.29) is 29.6 Å². The summed E-state index contributed by atoms with van der Waals surface area (Å²) in [4.78, 5) is 0. The topological polar surface area (TPSA) is 72.7 Å². The Morgan fingerprint density at radius 1 is 1.26 bits per heavy atom. The first-order valence-electron chi connectivity index (χ1n) is 6.72. The molecule has 1 rings (SSSR count). The molecule has 0 saturated heterocycles. The van der Waals surface area contributed by atoms with Gasteiger partial charge in [0.25, 0.3) is 0 Å². The predicted molar refractivity (Wildman–Crippen MR) is 76.3 cm³/mol. The van der Waals surface area contributed by atoms with Gasteiger partial charge in [-0.25, -0.2) is 0 Å². The highest BCUT2D eigenvalue weighted by molar-refractivity contribution is 5.40. The molecule has 0 aliphatic rings. The molecule has 0 aliphatic carbocycles. The van der Waals surface area contributed by atoms with E-state index in [9.17, 15) is 10.2 Å². The van der Waals surface area contributed by atoms with Crippen LogP contribution >= 0.6 is 0 Å². The van der Waals surface area contributed by atoms with Crippen LogP contribution in [-0.4, -0.2) is 28.5 Å². The number of phenolic OH excluding ortho intramolecular Hbond substituents is 2. The van der Waals surface area contributed by atoms with Gasteiger partial charge >= 0.3 is 0 Å². The summed E-state index contributed by atoms with van der Waals surface area (Å²) in [6.07, 6.45) is 1.73. The van der Waals surface area contributed by atoms with Crippen LogP contribution in [0.5, 0.6) is 11.5 Å². The van der Waals surface area contributed by atoms with E-state index in [4.69, 9.17) is 5.11 Å². The Hall–Kier alpha value is -1.26. The van der Waals surface area contributed by atoms with Crippen molar-refractivity contribution in [1.29, 1.82) is 0 Å². The molecule has 4 heteroatoms. The van der Waals surface area contributed by atoms with Crippen LogP contribution in [0.2, 0.25) is 0 Å². The molecule has 108 valence electrons. The molecule has 1 aromatic carbocycles. The van der Waals surface area contributed by atoms with Crippen molar-refractivity contribution in [3.8, 4) is 11.5 Å². The zero-order valence-electron chi connectivity index (χ0n) is 12.0. The summed E-state index contributed by atoms with van der Waals surface area (Å²) in [5, 5.41) is 31.5. The minimum absolute atomic E-state index is 0.0412. The van der Waals surface area contributed by atoms with Crippen LogP contribution in [0.3, 0.4) is 0 Å². The number of phenols is 2. The number of rotatable bonds is 7. The van der Waals surface area contributed by atoms with Gasteiger partial charge in [0.05, 0.1) is 0 Å². The van der Waals surface area contributed by atoms with Crippen LogP contribution in [0.1, 0.15) is 45.2 Å². The Labute approximate surface area is 115 Å². The molecular formula is C15H25NO3. The smallest absolute Gasteiger partial charge is 0.120 e. The van der Waals surface area contributed by atoms with E-state index in [1.165, 1.54) is 12.1 Å². The molecule has 19 heavy (non-hydrogen) atoms. The number of aromatic hydroxyl groups is 2. The number of aliphatic hydroxyl groups excluding tert-OH is 1. The molecule has 4 nitrogen and oxygen atoms in total. The van der Waals surface area contributed by atoms with E-state index >= 15 is 0 Å². The number of benzene rings is 1. The predicted octanol–water partition coefficient (Wildman–Crippen LogP) is 2.55. The number of hydrogen-bond acceptors (Lipinski definition) is 4. The number of hydrogen-bond donors (Lipinski definition) is 4. The fourth-order valence-corrected chi connectivity index (χ4v) is 2.07. The van der Waals surface area contributed by atoms with Crippen molar-refractivity contribution in [2.45, 2.75) is 39.7 Å². The van der Waals surface area contributed by atoms with Crippen molar-refractivity contribution in [2.24, 2.45) is 5.41 Å². The molecule has 0 saturated carbocycles. The maximum Gasteiger partial charge on any atom is 0.120 e. The van der Waals surface area contributed by atoms with Crippen LogP contribution < -0.4 is 5.32 Å². The van der Waals surface area contributed by atoms with E-state index in [2.05, 4.69) is 19.2 Å². The maximum atomic E-state index is 9.79. The third-order valence-corrected chi connectivity index (χ3v) is 3.38. The van der Waals surface area contributed by atoms with Gasteiger partial charge in [-0.15, -0.1) is 0 Å². The summed E-state index contributed by atoms with van der Waals surface area (Å²) < 4.78 is 0. The van der Waals surface area contributed by atoms with Gasteiger partial charge in [0.15, 0.2) is 0 Å². The third kappa shape index (κ3) is 5.09. The van der Waals surface area contributed by atoms with Gasteiger partial charge in [-0.05, 0) is 43.4 Å². The highest BCUT2D eigenvalue weighted by atomic mass is 16.3. The average molecular weight is 267 g/mol. The molecular weight excluding hydrogens is 242 g/mol. The van der Waals surface area contributed by atoms with Gasteiger partial charge in [-0.3, -0.25) is 0 Å². The summed E-state index contributed by atoms with van der Waals surface area (Å²) in [6.45, 7) is 7.24. The molecule has 0 heterocycles. The van der Waals surface area contributed by atoms with Crippen LogP contribution in [0.15, 0.2) is 18.2 Å². The Kier molecular flexibility index (Phi) is 5.63. The van der Waals surface area contributed by atoms with Crippen LogP contribution in [0.25, 0.3) is 0 Å². The summed E-state index contributed by atoms with van der Waals surface area (Å²) in [5.41, 5.74) is 0.779. The fourth-order valence-electron chi connectivity index (χ4n) is 2.07. The molecule has 1 atom stereocenters. The molecule has 0 fully saturated rings. The zero-order valence-corrected chi connectivity index (χ0v) is 12.0. The van der Waals surface area contributed by atoms with Crippen molar-refractivity contribution in [3.05, 3.63) is 23.8 Å². The van der Waals surface area contributed by atoms with Crippen molar-refractivity contribution in [3.63, 3.8) is 0 Å². The van der Waals surface area contributed by atoms with E-state index in [0.29, 0.717) is 5.56 Å². The van der Waals surface area contributed by atoms with Gasteiger partial charge in [0.2, 0.25) is 0 Å². The van der Waals surface area contributed by atoms with Gasteiger partial charge in [0.1, 0.15) is 11.5 Å². The molecule has 0 radical (unpaired) electrons. The van der Waals surface area contributed by atoms with Crippen LogP contribution in [0, 0.1) is 5.41 Å². The third-order valence-electron chi connectivity index (χ3n) is 3.38. The monoisotopic (exact) mass is 267 g/mol. The van der Waals surface area contributed by atoms with E-state index in [1.54, 1.807) is 6.07 Å². The molecule has 0 spiro atoms. The highest BCUT2D eigenvalue weighted by Crippen LogP contribution is 2.29. The normalized spacial score (nSPS) is 13.5. The molecule has 0 amide bonds. The molecule has 1 aromatic rings. The van der Waals surface area contributed by atoms with Crippen molar-refractivity contribution >= 4 is 0 Å². The van der Waals surface area contributed by atoms with Crippen molar-refractivity contribution < 1.29 is 15.3 Å². The van der Waals surface area contributed by atoms with Gasteiger partial charge in [-0.2, -0.15) is 0 Å². The lowest BCUT2D eigenvalue weighted by Crippen LogP contribution is -2.31.